The Morgan fingerprint density at radius 1 is 1.25 bits per heavy atom. The molecule has 1 unspecified atom stereocenters. The molecule has 0 saturated heterocycles. The second-order valence-electron chi connectivity index (χ2n) is 5.33. The molecule has 2 aromatic heterocycles. The van der Waals surface area contributed by atoms with Crippen molar-refractivity contribution in [1.29, 1.82) is 5.26 Å². The first kappa shape index (κ1) is 15.4. The Morgan fingerprint density at radius 2 is 2.00 bits per heavy atom. The molecule has 3 aromatic rings. The third-order valence-electron chi connectivity index (χ3n) is 3.75. The lowest BCUT2D eigenvalue weighted by atomic mass is 10.1. The van der Waals surface area contributed by atoms with Crippen molar-refractivity contribution >= 4 is 11.6 Å². The summed E-state index contributed by atoms with van der Waals surface area (Å²) < 4.78 is 1.33. The summed E-state index contributed by atoms with van der Waals surface area (Å²) >= 11 is 0. The van der Waals surface area contributed by atoms with E-state index in [-0.39, 0.29) is 11.6 Å². The first-order valence-corrected chi connectivity index (χ1v) is 7.37. The van der Waals surface area contributed by atoms with E-state index in [9.17, 15) is 9.59 Å². The quantitative estimate of drug-likeness (QED) is 0.800. The molecular weight excluding hydrogens is 304 g/mol. The van der Waals surface area contributed by atoms with E-state index >= 15 is 0 Å². The molecular formula is C18H14N4O2. The van der Waals surface area contributed by atoms with Crippen LogP contribution in [0.15, 0.2) is 59.7 Å². The molecule has 24 heavy (non-hydrogen) atoms. The predicted octanol–water partition coefficient (Wildman–Crippen LogP) is 2.06. The third kappa shape index (κ3) is 2.88. The van der Waals surface area contributed by atoms with Crippen molar-refractivity contribution in [3.8, 4) is 6.07 Å². The van der Waals surface area contributed by atoms with E-state index in [0.29, 0.717) is 11.2 Å². The average Bonchev–Trinajstić information content (AvgIpc) is 2.62. The fraction of sp³-hybridized carbons (Fsp3) is 0.111. The minimum atomic E-state index is -0.484. The standard InChI is InChI=1S/C18H14N4O2/c1-12(14-7-5-13(10-19)6-8-14)21-17(23)15-11-20-16-4-2-3-9-22(16)18(15)24/h2-9,11-12H,1H3,(H,21,23). The van der Waals surface area contributed by atoms with Crippen LogP contribution < -0.4 is 10.9 Å². The number of hydrogen-bond acceptors (Lipinski definition) is 4. The van der Waals surface area contributed by atoms with Gasteiger partial charge in [-0.05, 0) is 36.8 Å². The minimum absolute atomic E-state index is 0.0146. The SMILES string of the molecule is CC(NC(=O)c1cnc2ccccn2c1=O)c1ccc(C#N)cc1. The van der Waals surface area contributed by atoms with Gasteiger partial charge in [-0.1, -0.05) is 18.2 Å². The topological polar surface area (TPSA) is 87.3 Å². The van der Waals surface area contributed by atoms with Crippen molar-refractivity contribution in [2.24, 2.45) is 0 Å². The second-order valence-corrected chi connectivity index (χ2v) is 5.33. The molecule has 0 saturated carbocycles. The molecule has 1 amide bonds. The zero-order chi connectivity index (χ0) is 17.1. The molecule has 0 spiro atoms. The number of aromatic nitrogens is 2. The number of rotatable bonds is 3. The Bertz CT molecular complexity index is 1000. The Kier molecular flexibility index (Phi) is 4.08. The molecule has 2 heterocycles. The number of hydrogen-bond donors (Lipinski definition) is 1. The first-order valence-electron chi connectivity index (χ1n) is 7.37. The van der Waals surface area contributed by atoms with Gasteiger partial charge in [-0.3, -0.25) is 14.0 Å². The van der Waals surface area contributed by atoms with Gasteiger partial charge in [-0.2, -0.15) is 5.26 Å². The van der Waals surface area contributed by atoms with Gasteiger partial charge in [0.15, 0.2) is 0 Å². The Balaban J connectivity index is 1.85. The van der Waals surface area contributed by atoms with E-state index in [2.05, 4.69) is 10.3 Å². The summed E-state index contributed by atoms with van der Waals surface area (Å²) in [7, 11) is 0. The fourth-order valence-corrected chi connectivity index (χ4v) is 2.39. The normalized spacial score (nSPS) is 11.7. The molecule has 0 aliphatic carbocycles. The molecule has 6 heteroatoms. The van der Waals surface area contributed by atoms with E-state index in [1.807, 2.05) is 13.0 Å². The Hall–Kier alpha value is -3.46. The number of nitrogens with zero attached hydrogens (tertiary/aromatic N) is 3. The molecule has 0 fully saturated rings. The Morgan fingerprint density at radius 3 is 2.71 bits per heavy atom. The summed E-state index contributed by atoms with van der Waals surface area (Å²) in [5, 5.41) is 11.6. The zero-order valence-electron chi connectivity index (χ0n) is 12.9. The fourth-order valence-electron chi connectivity index (χ4n) is 2.39. The van der Waals surface area contributed by atoms with E-state index in [0.717, 1.165) is 5.56 Å². The highest BCUT2D eigenvalue weighted by Crippen LogP contribution is 2.13. The summed E-state index contributed by atoms with van der Waals surface area (Å²) in [5.41, 5.74) is 1.45. The first-order chi connectivity index (χ1) is 11.6. The van der Waals surface area contributed by atoms with Gasteiger partial charge in [0.05, 0.1) is 17.7 Å². The monoisotopic (exact) mass is 318 g/mol. The van der Waals surface area contributed by atoms with Crippen LogP contribution in [-0.2, 0) is 0 Å². The molecule has 1 aromatic carbocycles. The van der Waals surface area contributed by atoms with Crippen molar-refractivity contribution in [3.05, 3.63) is 81.9 Å². The number of fused-ring (bicyclic) bond motifs is 1. The zero-order valence-corrected chi connectivity index (χ0v) is 12.9. The van der Waals surface area contributed by atoms with Crippen molar-refractivity contribution in [2.75, 3.05) is 0 Å². The van der Waals surface area contributed by atoms with E-state index < -0.39 is 11.5 Å². The van der Waals surface area contributed by atoms with E-state index in [1.54, 1.807) is 48.7 Å². The molecule has 3 rings (SSSR count). The minimum Gasteiger partial charge on any atom is -0.345 e. The average molecular weight is 318 g/mol. The van der Waals surface area contributed by atoms with Crippen LogP contribution in [0.25, 0.3) is 5.65 Å². The van der Waals surface area contributed by atoms with E-state index in [4.69, 9.17) is 5.26 Å². The van der Waals surface area contributed by atoms with Crippen molar-refractivity contribution in [3.63, 3.8) is 0 Å². The summed E-state index contributed by atoms with van der Waals surface area (Å²) in [6.45, 7) is 1.81. The van der Waals surface area contributed by atoms with Crippen LogP contribution in [0.4, 0.5) is 0 Å². The van der Waals surface area contributed by atoms with Crippen LogP contribution in [0.1, 0.15) is 34.5 Å². The van der Waals surface area contributed by atoms with Gasteiger partial charge < -0.3 is 5.32 Å². The van der Waals surface area contributed by atoms with Crippen molar-refractivity contribution in [1.82, 2.24) is 14.7 Å². The highest BCUT2D eigenvalue weighted by molar-refractivity contribution is 5.94. The van der Waals surface area contributed by atoms with Gasteiger partial charge in [0.1, 0.15) is 11.2 Å². The number of nitrogens with one attached hydrogen (secondary N) is 1. The predicted molar refractivity (Wildman–Crippen MR) is 88.5 cm³/mol. The number of carbonyl (C=O) groups is 1. The number of benzene rings is 1. The summed E-state index contributed by atoms with van der Waals surface area (Å²) in [5.74, 6) is -0.484. The highest BCUT2D eigenvalue weighted by atomic mass is 16.2. The highest BCUT2D eigenvalue weighted by Gasteiger charge is 2.16. The van der Waals surface area contributed by atoms with Crippen LogP contribution in [0, 0.1) is 11.3 Å². The number of carbonyl (C=O) groups excluding carboxylic acids is 1. The van der Waals surface area contributed by atoms with Gasteiger partial charge in [0.25, 0.3) is 11.5 Å². The van der Waals surface area contributed by atoms with Crippen LogP contribution in [-0.4, -0.2) is 15.3 Å². The molecule has 1 atom stereocenters. The lowest BCUT2D eigenvalue weighted by Gasteiger charge is -2.14. The largest absolute Gasteiger partial charge is 0.345 e. The van der Waals surface area contributed by atoms with Crippen LogP contribution in [0.3, 0.4) is 0 Å². The van der Waals surface area contributed by atoms with E-state index in [1.165, 1.54) is 10.6 Å². The van der Waals surface area contributed by atoms with Gasteiger partial charge in [0.2, 0.25) is 0 Å². The Labute approximate surface area is 138 Å². The lowest BCUT2D eigenvalue weighted by Crippen LogP contribution is -2.33. The summed E-state index contributed by atoms with van der Waals surface area (Å²) in [6, 6.07) is 13.8. The molecule has 118 valence electrons. The maximum atomic E-state index is 12.4. The van der Waals surface area contributed by atoms with Gasteiger partial charge in [-0.15, -0.1) is 0 Å². The van der Waals surface area contributed by atoms with Gasteiger partial charge in [0, 0.05) is 12.4 Å². The third-order valence-corrected chi connectivity index (χ3v) is 3.75. The maximum Gasteiger partial charge on any atom is 0.270 e. The van der Waals surface area contributed by atoms with Crippen LogP contribution in [0.2, 0.25) is 0 Å². The summed E-state index contributed by atoms with van der Waals surface area (Å²) in [4.78, 5) is 28.9. The van der Waals surface area contributed by atoms with Gasteiger partial charge >= 0.3 is 0 Å². The van der Waals surface area contributed by atoms with Crippen molar-refractivity contribution < 1.29 is 4.79 Å². The van der Waals surface area contributed by atoms with Gasteiger partial charge in [-0.25, -0.2) is 4.98 Å². The second kappa shape index (κ2) is 6.34. The maximum absolute atomic E-state index is 12.4. The van der Waals surface area contributed by atoms with Crippen LogP contribution in [0.5, 0.6) is 0 Å². The number of nitriles is 1. The molecule has 1 N–H and O–H groups in total. The molecule has 0 bridgehead atoms. The molecule has 6 nitrogen and oxygen atoms in total. The van der Waals surface area contributed by atoms with Crippen molar-refractivity contribution in [2.45, 2.75) is 13.0 Å². The summed E-state index contributed by atoms with van der Waals surface area (Å²) in [6.07, 6.45) is 2.87. The lowest BCUT2D eigenvalue weighted by molar-refractivity contribution is 0.0938. The molecule has 0 aliphatic rings. The van der Waals surface area contributed by atoms with Crippen LogP contribution >= 0.6 is 0 Å². The number of amides is 1. The molecule has 0 aliphatic heterocycles. The molecule has 0 radical (unpaired) electrons. The smallest absolute Gasteiger partial charge is 0.270 e. The number of pyridine rings is 1.